The van der Waals surface area contributed by atoms with E-state index in [1.54, 1.807) is 0 Å². The van der Waals surface area contributed by atoms with Gasteiger partial charge in [-0.2, -0.15) is 4.98 Å². The molecule has 0 bridgehead atoms. The molecule has 0 aliphatic rings. The minimum absolute atomic E-state index is 0.0136. The standard InChI is InChI=1S/C12H15FN4O3S/c1-2-14-6-9-5-10(3-4-11(9)13)21(18,19)16-7-12-15-8-20-17-12/h3-5,8,14,16H,2,6-7H2,1H3. The van der Waals surface area contributed by atoms with Gasteiger partial charge in [0, 0.05) is 12.1 Å². The Bertz CT molecular complexity index is 689. The van der Waals surface area contributed by atoms with Gasteiger partial charge in [-0.3, -0.25) is 0 Å². The summed E-state index contributed by atoms with van der Waals surface area (Å²) in [5.41, 5.74) is 0.291. The number of halogens is 1. The predicted molar refractivity (Wildman–Crippen MR) is 72.1 cm³/mol. The highest BCUT2D eigenvalue weighted by Crippen LogP contribution is 2.15. The third-order valence-electron chi connectivity index (χ3n) is 2.72. The predicted octanol–water partition coefficient (Wildman–Crippen LogP) is 0.797. The number of rotatable bonds is 7. The zero-order valence-electron chi connectivity index (χ0n) is 11.3. The molecule has 21 heavy (non-hydrogen) atoms. The molecule has 2 rings (SSSR count). The molecular weight excluding hydrogens is 299 g/mol. The molecule has 0 aliphatic carbocycles. The first-order valence-corrected chi connectivity index (χ1v) is 7.75. The molecular formula is C12H15FN4O3S. The molecule has 2 aromatic rings. The molecule has 9 heteroatoms. The van der Waals surface area contributed by atoms with Gasteiger partial charge in [0.1, 0.15) is 5.82 Å². The third-order valence-corrected chi connectivity index (χ3v) is 4.12. The normalized spacial score (nSPS) is 11.7. The maximum absolute atomic E-state index is 13.6. The molecule has 0 unspecified atom stereocenters. The number of nitrogens with zero attached hydrogens (tertiary/aromatic N) is 2. The molecule has 0 saturated carbocycles. The quantitative estimate of drug-likeness (QED) is 0.784. The topological polar surface area (TPSA) is 97.1 Å². The molecule has 0 saturated heterocycles. The molecule has 0 spiro atoms. The van der Waals surface area contributed by atoms with Crippen LogP contribution in [0, 0.1) is 5.82 Å². The Hall–Kier alpha value is -1.84. The molecule has 0 aliphatic heterocycles. The SMILES string of the molecule is CCNCc1cc(S(=O)(=O)NCc2ncon2)ccc1F. The summed E-state index contributed by atoms with van der Waals surface area (Å²) in [6, 6.07) is 3.65. The number of aromatic nitrogens is 2. The van der Waals surface area contributed by atoms with Crippen LogP contribution in [0.4, 0.5) is 4.39 Å². The number of hydrogen-bond acceptors (Lipinski definition) is 6. The molecule has 7 nitrogen and oxygen atoms in total. The van der Waals surface area contributed by atoms with Crippen LogP contribution in [0.25, 0.3) is 0 Å². The monoisotopic (exact) mass is 314 g/mol. The number of benzene rings is 1. The van der Waals surface area contributed by atoms with Gasteiger partial charge in [0.05, 0.1) is 11.4 Å². The van der Waals surface area contributed by atoms with Crippen molar-refractivity contribution in [3.05, 3.63) is 41.8 Å². The van der Waals surface area contributed by atoms with Crippen molar-refractivity contribution in [2.45, 2.75) is 24.9 Å². The molecule has 0 fully saturated rings. The summed E-state index contributed by atoms with van der Waals surface area (Å²) < 4.78 is 44.7. The Balaban J connectivity index is 2.15. The lowest BCUT2D eigenvalue weighted by Crippen LogP contribution is -2.24. The van der Waals surface area contributed by atoms with Crippen LogP contribution in [-0.2, 0) is 23.1 Å². The highest BCUT2D eigenvalue weighted by atomic mass is 32.2. The number of nitrogens with one attached hydrogen (secondary N) is 2. The van der Waals surface area contributed by atoms with E-state index in [9.17, 15) is 12.8 Å². The zero-order valence-corrected chi connectivity index (χ0v) is 12.2. The van der Waals surface area contributed by atoms with Crippen molar-refractivity contribution in [3.8, 4) is 0 Å². The first-order valence-electron chi connectivity index (χ1n) is 6.27. The van der Waals surface area contributed by atoms with Crippen LogP contribution in [-0.4, -0.2) is 25.1 Å². The van der Waals surface area contributed by atoms with Crippen LogP contribution in [0.2, 0.25) is 0 Å². The van der Waals surface area contributed by atoms with Crippen LogP contribution in [0.5, 0.6) is 0 Å². The summed E-state index contributed by atoms with van der Waals surface area (Å²) in [4.78, 5) is 3.70. The smallest absolute Gasteiger partial charge is 0.240 e. The molecule has 0 atom stereocenters. The van der Waals surface area contributed by atoms with E-state index >= 15 is 0 Å². The third kappa shape index (κ3) is 4.06. The second-order valence-corrected chi connectivity index (χ2v) is 5.97. The van der Waals surface area contributed by atoms with E-state index in [-0.39, 0.29) is 23.8 Å². The van der Waals surface area contributed by atoms with E-state index in [1.165, 1.54) is 12.1 Å². The van der Waals surface area contributed by atoms with Crippen molar-refractivity contribution in [1.82, 2.24) is 20.2 Å². The molecule has 1 aromatic heterocycles. The first-order chi connectivity index (χ1) is 10.0. The summed E-state index contributed by atoms with van der Waals surface area (Å²) >= 11 is 0. The van der Waals surface area contributed by atoms with E-state index in [0.29, 0.717) is 12.1 Å². The van der Waals surface area contributed by atoms with Crippen LogP contribution in [0.1, 0.15) is 18.3 Å². The maximum Gasteiger partial charge on any atom is 0.240 e. The molecule has 1 aromatic carbocycles. The first kappa shape index (κ1) is 15.5. The fourth-order valence-electron chi connectivity index (χ4n) is 1.63. The van der Waals surface area contributed by atoms with E-state index in [4.69, 9.17) is 0 Å². The van der Waals surface area contributed by atoms with Gasteiger partial charge in [-0.1, -0.05) is 12.1 Å². The van der Waals surface area contributed by atoms with E-state index in [0.717, 1.165) is 12.5 Å². The lowest BCUT2D eigenvalue weighted by molar-refractivity contribution is 0.409. The van der Waals surface area contributed by atoms with Crippen LogP contribution in [0.15, 0.2) is 34.0 Å². The van der Waals surface area contributed by atoms with Crippen molar-refractivity contribution in [2.75, 3.05) is 6.54 Å². The molecule has 114 valence electrons. The fraction of sp³-hybridized carbons (Fsp3) is 0.333. The van der Waals surface area contributed by atoms with Gasteiger partial charge in [0.15, 0.2) is 5.82 Å². The summed E-state index contributed by atoms with van der Waals surface area (Å²) in [5, 5.41) is 6.45. The Morgan fingerprint density at radius 2 is 2.14 bits per heavy atom. The molecule has 0 radical (unpaired) electrons. The lowest BCUT2D eigenvalue weighted by Gasteiger charge is -2.08. The Kier molecular flexibility index (Phi) is 4.99. The Labute approximate surface area is 121 Å². The van der Waals surface area contributed by atoms with Crippen molar-refractivity contribution >= 4 is 10.0 Å². The van der Waals surface area contributed by atoms with Crippen LogP contribution >= 0.6 is 0 Å². The molecule has 2 N–H and O–H groups in total. The Morgan fingerprint density at radius 3 is 2.81 bits per heavy atom. The minimum Gasteiger partial charge on any atom is -0.343 e. The summed E-state index contributed by atoms with van der Waals surface area (Å²) in [5.74, 6) is -0.235. The van der Waals surface area contributed by atoms with Crippen molar-refractivity contribution in [2.24, 2.45) is 0 Å². The molecule has 0 amide bonds. The highest BCUT2D eigenvalue weighted by Gasteiger charge is 2.16. The van der Waals surface area contributed by atoms with Crippen LogP contribution in [0.3, 0.4) is 0 Å². The van der Waals surface area contributed by atoms with E-state index in [1.807, 2.05) is 6.92 Å². The van der Waals surface area contributed by atoms with E-state index < -0.39 is 15.8 Å². The van der Waals surface area contributed by atoms with Gasteiger partial charge in [-0.05, 0) is 24.7 Å². The second-order valence-electron chi connectivity index (χ2n) is 4.21. The summed E-state index contributed by atoms with van der Waals surface area (Å²) in [6.07, 6.45) is 1.11. The van der Waals surface area contributed by atoms with Crippen molar-refractivity contribution in [3.63, 3.8) is 0 Å². The van der Waals surface area contributed by atoms with Gasteiger partial charge >= 0.3 is 0 Å². The largest absolute Gasteiger partial charge is 0.343 e. The molecule has 1 heterocycles. The van der Waals surface area contributed by atoms with Crippen molar-refractivity contribution in [1.29, 1.82) is 0 Å². The summed E-state index contributed by atoms with van der Waals surface area (Å²) in [6.45, 7) is 2.70. The minimum atomic E-state index is -3.77. The summed E-state index contributed by atoms with van der Waals surface area (Å²) in [7, 11) is -3.77. The van der Waals surface area contributed by atoms with E-state index in [2.05, 4.69) is 24.7 Å². The Morgan fingerprint density at radius 1 is 1.33 bits per heavy atom. The van der Waals surface area contributed by atoms with Gasteiger partial charge in [0.25, 0.3) is 0 Å². The highest BCUT2D eigenvalue weighted by molar-refractivity contribution is 7.89. The fourth-order valence-corrected chi connectivity index (χ4v) is 2.66. The maximum atomic E-state index is 13.6. The number of hydrogen-bond donors (Lipinski definition) is 2. The average molecular weight is 314 g/mol. The van der Waals surface area contributed by atoms with Gasteiger partial charge < -0.3 is 9.84 Å². The lowest BCUT2D eigenvalue weighted by atomic mass is 10.2. The van der Waals surface area contributed by atoms with Gasteiger partial charge in [0.2, 0.25) is 16.4 Å². The number of sulfonamides is 1. The zero-order chi connectivity index (χ0) is 15.3. The van der Waals surface area contributed by atoms with Crippen LogP contribution < -0.4 is 10.0 Å². The van der Waals surface area contributed by atoms with Gasteiger partial charge in [-0.15, -0.1) is 0 Å². The average Bonchev–Trinajstić information content (AvgIpc) is 2.97. The van der Waals surface area contributed by atoms with Crippen molar-refractivity contribution < 1.29 is 17.3 Å². The van der Waals surface area contributed by atoms with Gasteiger partial charge in [-0.25, -0.2) is 17.5 Å². The second kappa shape index (κ2) is 6.74.